The fourth-order valence-electron chi connectivity index (χ4n) is 1.87. The van der Waals surface area contributed by atoms with Crippen LogP contribution < -0.4 is 4.74 Å². The van der Waals surface area contributed by atoms with Crippen LogP contribution in [0.1, 0.15) is 19.3 Å². The molecule has 1 saturated carbocycles. The molecule has 0 radical (unpaired) electrons. The summed E-state index contributed by atoms with van der Waals surface area (Å²) >= 11 is 1.08. The second-order valence-electron chi connectivity index (χ2n) is 3.95. The normalized spacial score (nSPS) is 25.1. The van der Waals surface area contributed by atoms with Gasteiger partial charge in [0, 0.05) is 0 Å². The summed E-state index contributed by atoms with van der Waals surface area (Å²) in [5.41, 5.74) is 0. The van der Waals surface area contributed by atoms with E-state index in [1.54, 1.807) is 6.20 Å². The van der Waals surface area contributed by atoms with Crippen LogP contribution in [0, 0.1) is 5.92 Å². The van der Waals surface area contributed by atoms with Crippen LogP contribution >= 0.6 is 19.6 Å². The van der Waals surface area contributed by atoms with Crippen molar-refractivity contribution in [1.82, 2.24) is 8.75 Å². The van der Waals surface area contributed by atoms with Crippen molar-refractivity contribution in [2.75, 3.05) is 6.61 Å². The van der Waals surface area contributed by atoms with E-state index in [4.69, 9.17) is 14.5 Å². The van der Waals surface area contributed by atoms with Gasteiger partial charge in [-0.15, -0.1) is 4.37 Å². The van der Waals surface area contributed by atoms with Crippen molar-refractivity contribution in [3.8, 4) is 5.88 Å². The van der Waals surface area contributed by atoms with Crippen LogP contribution in [0.5, 0.6) is 5.88 Å². The minimum absolute atomic E-state index is 0.0317. The Hall–Kier alpha value is -0.530. The maximum absolute atomic E-state index is 10.5. The predicted octanol–water partition coefficient (Wildman–Crippen LogP) is 1.19. The van der Waals surface area contributed by atoms with Gasteiger partial charge >= 0.3 is 7.82 Å². The fourth-order valence-corrected chi connectivity index (χ4v) is 2.63. The summed E-state index contributed by atoms with van der Waals surface area (Å²) in [6.07, 6.45) is 3.99. The Kier molecular flexibility index (Phi) is 4.11. The SMILES string of the molecule is O=P(O)(O)OC[C@@H]1CC[C@H](Oc2cnsn2)C1. The first-order chi connectivity index (χ1) is 8.03. The zero-order valence-electron chi connectivity index (χ0n) is 8.93. The van der Waals surface area contributed by atoms with E-state index in [0.29, 0.717) is 5.88 Å². The second kappa shape index (κ2) is 5.41. The molecule has 0 aromatic carbocycles. The second-order valence-corrected chi connectivity index (χ2v) is 5.75. The van der Waals surface area contributed by atoms with Crippen molar-refractivity contribution >= 4 is 19.6 Å². The third-order valence-electron chi connectivity index (χ3n) is 2.60. The van der Waals surface area contributed by atoms with E-state index in [1.807, 2.05) is 0 Å². The van der Waals surface area contributed by atoms with Gasteiger partial charge in [0.05, 0.1) is 18.3 Å². The highest BCUT2D eigenvalue weighted by molar-refractivity contribution is 7.46. The Balaban J connectivity index is 1.74. The molecule has 0 spiro atoms. The summed E-state index contributed by atoms with van der Waals surface area (Å²) in [4.78, 5) is 17.2. The first-order valence-corrected chi connectivity index (χ1v) is 7.43. The molecule has 2 atom stereocenters. The molecule has 0 saturated heterocycles. The summed E-state index contributed by atoms with van der Waals surface area (Å²) in [6.45, 7) is 0.0689. The summed E-state index contributed by atoms with van der Waals surface area (Å²) < 4.78 is 28.4. The molecule has 0 bridgehead atoms. The van der Waals surface area contributed by atoms with Gasteiger partial charge in [-0.25, -0.2) is 4.57 Å². The average molecular weight is 280 g/mol. The van der Waals surface area contributed by atoms with E-state index in [9.17, 15) is 4.57 Å². The van der Waals surface area contributed by atoms with Crippen molar-refractivity contribution < 1.29 is 23.6 Å². The number of phosphoric acid groups is 1. The molecule has 96 valence electrons. The minimum Gasteiger partial charge on any atom is -0.473 e. The first kappa shape index (κ1) is 12.9. The molecule has 0 unspecified atom stereocenters. The smallest absolute Gasteiger partial charge is 0.469 e. The van der Waals surface area contributed by atoms with Crippen LogP contribution in [-0.4, -0.2) is 31.2 Å². The van der Waals surface area contributed by atoms with E-state index in [-0.39, 0.29) is 18.6 Å². The topological polar surface area (TPSA) is 102 Å². The molecule has 1 heterocycles. The van der Waals surface area contributed by atoms with E-state index >= 15 is 0 Å². The quantitative estimate of drug-likeness (QED) is 0.781. The van der Waals surface area contributed by atoms with Gasteiger partial charge in [0.1, 0.15) is 12.3 Å². The lowest BCUT2D eigenvalue weighted by molar-refractivity contribution is 0.155. The van der Waals surface area contributed by atoms with Crippen LogP contribution in [0.25, 0.3) is 0 Å². The van der Waals surface area contributed by atoms with Gasteiger partial charge < -0.3 is 14.5 Å². The number of hydrogen-bond donors (Lipinski definition) is 2. The van der Waals surface area contributed by atoms with Gasteiger partial charge in [0.25, 0.3) is 0 Å². The highest BCUT2D eigenvalue weighted by Crippen LogP contribution is 2.38. The Morgan fingerprint density at radius 1 is 1.53 bits per heavy atom. The van der Waals surface area contributed by atoms with E-state index in [1.165, 1.54) is 0 Å². The largest absolute Gasteiger partial charge is 0.473 e. The Morgan fingerprint density at radius 2 is 2.35 bits per heavy atom. The summed E-state index contributed by atoms with van der Waals surface area (Å²) in [5, 5.41) is 0. The van der Waals surface area contributed by atoms with Crippen LogP contribution in [0.2, 0.25) is 0 Å². The van der Waals surface area contributed by atoms with Crippen LogP contribution in [0.4, 0.5) is 0 Å². The Labute approximate surface area is 102 Å². The molecular weight excluding hydrogens is 267 g/mol. The summed E-state index contributed by atoms with van der Waals surface area (Å²) in [7, 11) is -4.36. The lowest BCUT2D eigenvalue weighted by Crippen LogP contribution is -2.13. The third-order valence-corrected chi connectivity index (χ3v) is 3.55. The zero-order chi connectivity index (χ0) is 12.3. The molecule has 2 N–H and O–H groups in total. The predicted molar refractivity (Wildman–Crippen MR) is 59.7 cm³/mol. The van der Waals surface area contributed by atoms with Crippen molar-refractivity contribution in [3.63, 3.8) is 0 Å². The number of ether oxygens (including phenoxy) is 1. The maximum atomic E-state index is 10.5. The molecule has 1 aliphatic rings. The molecule has 1 aliphatic carbocycles. The summed E-state index contributed by atoms with van der Waals surface area (Å²) in [5.74, 6) is 0.635. The zero-order valence-corrected chi connectivity index (χ0v) is 10.6. The van der Waals surface area contributed by atoms with Crippen molar-refractivity contribution in [1.29, 1.82) is 0 Å². The fraction of sp³-hybridized carbons (Fsp3) is 0.750. The third kappa shape index (κ3) is 4.33. The minimum atomic E-state index is -4.36. The molecule has 0 aliphatic heterocycles. The van der Waals surface area contributed by atoms with Gasteiger partial charge in [0.15, 0.2) is 0 Å². The standard InChI is InChI=1S/C8H13N2O5PS/c11-16(12,13)14-5-6-1-2-7(3-6)15-8-4-9-17-10-8/h4,6-7H,1-3,5H2,(H2,11,12,13)/t6-,7+/m1/s1. The Morgan fingerprint density at radius 3 is 3.00 bits per heavy atom. The van der Waals surface area contributed by atoms with E-state index in [0.717, 1.165) is 31.0 Å². The molecule has 0 amide bonds. The van der Waals surface area contributed by atoms with E-state index in [2.05, 4.69) is 13.3 Å². The van der Waals surface area contributed by atoms with Crippen molar-refractivity contribution in [2.24, 2.45) is 5.92 Å². The lowest BCUT2D eigenvalue weighted by atomic mass is 10.1. The van der Waals surface area contributed by atoms with Crippen LogP contribution in [0.15, 0.2) is 6.20 Å². The molecule has 17 heavy (non-hydrogen) atoms. The molecule has 1 fully saturated rings. The number of rotatable bonds is 5. The van der Waals surface area contributed by atoms with Gasteiger partial charge in [-0.05, 0) is 25.2 Å². The van der Waals surface area contributed by atoms with Gasteiger partial charge in [-0.1, -0.05) is 0 Å². The Bertz CT molecular complexity index is 395. The lowest BCUT2D eigenvalue weighted by Gasteiger charge is -2.12. The number of aromatic nitrogens is 2. The van der Waals surface area contributed by atoms with Crippen LogP contribution in [-0.2, 0) is 9.09 Å². The first-order valence-electron chi connectivity index (χ1n) is 5.17. The van der Waals surface area contributed by atoms with Crippen molar-refractivity contribution in [3.05, 3.63) is 6.20 Å². The van der Waals surface area contributed by atoms with E-state index < -0.39 is 7.82 Å². The van der Waals surface area contributed by atoms with Crippen molar-refractivity contribution in [2.45, 2.75) is 25.4 Å². The van der Waals surface area contributed by atoms with Gasteiger partial charge in [0.2, 0.25) is 5.88 Å². The number of phosphoric ester groups is 1. The van der Waals surface area contributed by atoms with Gasteiger partial charge in [-0.3, -0.25) is 4.52 Å². The monoisotopic (exact) mass is 280 g/mol. The molecule has 2 rings (SSSR count). The molecular formula is C8H13N2O5PS. The van der Waals surface area contributed by atoms with Crippen LogP contribution in [0.3, 0.4) is 0 Å². The highest BCUT2D eigenvalue weighted by atomic mass is 32.1. The molecule has 7 nitrogen and oxygen atoms in total. The number of nitrogens with zero attached hydrogens (tertiary/aromatic N) is 2. The molecule has 9 heteroatoms. The number of hydrogen-bond acceptors (Lipinski definition) is 6. The molecule has 1 aromatic heterocycles. The molecule has 1 aromatic rings. The average Bonchev–Trinajstić information content (AvgIpc) is 2.86. The highest BCUT2D eigenvalue weighted by Gasteiger charge is 2.28. The maximum Gasteiger partial charge on any atom is 0.469 e. The summed E-state index contributed by atoms with van der Waals surface area (Å²) in [6, 6.07) is 0. The van der Waals surface area contributed by atoms with Gasteiger partial charge in [-0.2, -0.15) is 4.37 Å².